The molecule has 5 atom stereocenters. The van der Waals surface area contributed by atoms with Crippen LogP contribution in [0.25, 0.3) is 0 Å². The molecule has 0 saturated carbocycles. The van der Waals surface area contributed by atoms with Crippen molar-refractivity contribution in [2.45, 2.75) is 316 Å². The number of unbranched alkanes of at least 4 members (excludes halogenated alkanes) is 20. The summed E-state index contributed by atoms with van der Waals surface area (Å²) in [5.74, 6) is -2.26. The number of ether oxygens (including phenoxy) is 4. The van der Waals surface area contributed by atoms with Crippen molar-refractivity contribution in [3.8, 4) is 0 Å². The molecule has 0 aliphatic heterocycles. The molecule has 0 rings (SSSR count). The number of phosphoric acid groups is 2. The summed E-state index contributed by atoms with van der Waals surface area (Å²) in [7, 11) is -10.00. The molecule has 0 heterocycles. The van der Waals surface area contributed by atoms with Crippen molar-refractivity contribution in [1.29, 1.82) is 0 Å². The van der Waals surface area contributed by atoms with E-state index in [2.05, 4.69) is 198 Å². The van der Waals surface area contributed by atoms with Gasteiger partial charge >= 0.3 is 39.5 Å². The van der Waals surface area contributed by atoms with Crippen LogP contribution in [0, 0.1) is 0 Å². The van der Waals surface area contributed by atoms with Crippen LogP contribution in [0.15, 0.2) is 170 Å². The van der Waals surface area contributed by atoms with Crippen molar-refractivity contribution >= 4 is 39.5 Å². The highest BCUT2D eigenvalue weighted by Crippen LogP contribution is 2.45. The molecule has 0 spiro atoms. The summed E-state index contributed by atoms with van der Waals surface area (Å²) in [6.45, 7) is 4.34. The molecule has 0 saturated heterocycles. The minimum absolute atomic E-state index is 0.0569. The molecule has 0 aliphatic carbocycles. The van der Waals surface area contributed by atoms with E-state index in [1.165, 1.54) is 0 Å². The summed E-state index contributed by atoms with van der Waals surface area (Å²) >= 11 is 0. The van der Waals surface area contributed by atoms with Gasteiger partial charge in [-0.3, -0.25) is 37.3 Å². The highest BCUT2D eigenvalue weighted by atomic mass is 31.2. The second kappa shape index (κ2) is 77.6. The van der Waals surface area contributed by atoms with Crippen molar-refractivity contribution in [3.63, 3.8) is 0 Å². The molecular weight excluding hydrogens is 1380 g/mol. The van der Waals surface area contributed by atoms with E-state index in [-0.39, 0.29) is 25.7 Å². The van der Waals surface area contributed by atoms with E-state index in [4.69, 9.17) is 37.0 Å². The van der Waals surface area contributed by atoms with E-state index >= 15 is 0 Å². The van der Waals surface area contributed by atoms with Gasteiger partial charge in [0.2, 0.25) is 0 Å². The number of carbonyl (C=O) groups is 4. The second-order valence-electron chi connectivity index (χ2n) is 26.2. The van der Waals surface area contributed by atoms with E-state index in [0.717, 1.165) is 218 Å². The maximum absolute atomic E-state index is 13.1. The quantitative estimate of drug-likeness (QED) is 0.0169. The molecule has 0 aromatic rings. The van der Waals surface area contributed by atoms with Gasteiger partial charge in [0.05, 0.1) is 26.4 Å². The number of rotatable bonds is 74. The first kappa shape index (κ1) is 100. The molecule has 5 unspecified atom stereocenters. The third-order valence-electron chi connectivity index (χ3n) is 16.2. The predicted octanol–water partition coefficient (Wildman–Crippen LogP) is 23.8. The Morgan fingerprint density at radius 2 is 0.462 bits per heavy atom. The molecule has 602 valence electrons. The average Bonchev–Trinajstić information content (AvgIpc) is 0.902. The van der Waals surface area contributed by atoms with E-state index in [1.807, 2.05) is 0 Å². The van der Waals surface area contributed by atoms with Crippen LogP contribution in [0.2, 0.25) is 0 Å². The average molecular weight is 1520 g/mol. The third kappa shape index (κ3) is 76.6. The van der Waals surface area contributed by atoms with Crippen LogP contribution in [-0.2, 0) is 65.4 Å². The molecule has 0 amide bonds. The Morgan fingerprint density at radius 3 is 0.708 bits per heavy atom. The fourth-order valence-electron chi connectivity index (χ4n) is 10.2. The van der Waals surface area contributed by atoms with Crippen molar-refractivity contribution in [2.75, 3.05) is 39.6 Å². The third-order valence-corrected chi connectivity index (χ3v) is 18.1. The Bertz CT molecular complexity index is 2680. The number of hydrogen-bond donors (Lipinski definition) is 3. The van der Waals surface area contributed by atoms with Gasteiger partial charge in [-0.15, -0.1) is 0 Å². The van der Waals surface area contributed by atoms with Gasteiger partial charge in [0.15, 0.2) is 12.2 Å². The van der Waals surface area contributed by atoms with E-state index in [9.17, 15) is 43.2 Å². The molecule has 0 fully saturated rings. The van der Waals surface area contributed by atoms with Gasteiger partial charge < -0.3 is 33.8 Å². The SMILES string of the molecule is CC/C=C\C/C=C\C/C=C\C/C=C\CCCCCCCCC(=O)OCC(COP(=O)(O)OCC(O)COP(=O)(O)OCC(COC(=O)CCCCCCC/C=C\C/C=C\C/C=C\CC)OC(=O)CCCCCCC/C=C\C/C=C\C/C=C\CC)OC(=O)CCCCCC/C=C\C/C=C\C/C=C\C/C=C\CC. The smallest absolute Gasteiger partial charge is 0.462 e. The number of allylic oxidation sites excluding steroid dienone is 28. The van der Waals surface area contributed by atoms with Gasteiger partial charge in [-0.05, 0) is 167 Å². The molecule has 3 N–H and O–H groups in total. The largest absolute Gasteiger partial charge is 0.472 e. The van der Waals surface area contributed by atoms with Gasteiger partial charge in [-0.2, -0.15) is 0 Å². The van der Waals surface area contributed by atoms with Crippen LogP contribution in [0.5, 0.6) is 0 Å². The number of aliphatic hydroxyl groups is 1. The molecule has 0 bridgehead atoms. The van der Waals surface area contributed by atoms with E-state index < -0.39 is 97.5 Å². The minimum Gasteiger partial charge on any atom is -0.462 e. The molecular formula is C87H142O17P2. The summed E-state index contributed by atoms with van der Waals surface area (Å²) < 4.78 is 68.6. The highest BCUT2D eigenvalue weighted by Gasteiger charge is 2.30. The van der Waals surface area contributed by atoms with Crippen LogP contribution in [0.3, 0.4) is 0 Å². The lowest BCUT2D eigenvalue weighted by atomic mass is 10.1. The standard InChI is InChI=1S/C87H142O17P2/c1-5-9-13-17-21-25-29-33-37-39-40-42-45-48-52-56-60-64-68-72-85(90)98-78-83(104-87(92)74-70-66-62-58-54-50-46-41-38-34-30-26-22-18-14-10-6-2)80-102-106(95,96)100-76-81(88)75-99-105(93,94)101-79-82(103-86(91)73-69-65-61-57-53-49-44-36-32-28-24-20-16-12-8-4)77-97-84(89)71-67-63-59-55-51-47-43-35-31-27-23-19-15-11-7-3/h9-16,21-28,33-38,40,42-44,46,50,81-83,88H,5-8,17-20,29-32,39,41,45,47-49,51-80H2,1-4H3,(H,93,94)(H,95,96)/b13-9-,14-10-,15-11-,16-12-,25-21-,26-22-,27-23-,28-24-,37-33-,38-34-,42-40-,43-35-,44-36-,50-46-. The first-order chi connectivity index (χ1) is 51.7. The van der Waals surface area contributed by atoms with Crippen molar-refractivity contribution in [3.05, 3.63) is 170 Å². The van der Waals surface area contributed by atoms with Crippen LogP contribution >= 0.6 is 15.6 Å². The number of hydrogen-bond acceptors (Lipinski definition) is 15. The molecule has 106 heavy (non-hydrogen) atoms. The fourth-order valence-corrected chi connectivity index (χ4v) is 11.8. The topological polar surface area (TPSA) is 237 Å². The number of aliphatic hydroxyl groups excluding tert-OH is 1. The minimum atomic E-state index is -5.00. The number of phosphoric ester groups is 2. The van der Waals surface area contributed by atoms with Gasteiger partial charge in [0.25, 0.3) is 0 Å². The summed E-state index contributed by atoms with van der Waals surface area (Å²) in [5.41, 5.74) is 0. The van der Waals surface area contributed by atoms with Crippen molar-refractivity contribution < 1.29 is 80.2 Å². The van der Waals surface area contributed by atoms with Crippen LogP contribution < -0.4 is 0 Å². The molecule has 19 heteroatoms. The van der Waals surface area contributed by atoms with Crippen LogP contribution in [0.1, 0.15) is 297 Å². The lowest BCUT2D eigenvalue weighted by Gasteiger charge is -2.21. The Labute approximate surface area is 642 Å². The fraction of sp³-hybridized carbons (Fsp3) is 0.632. The highest BCUT2D eigenvalue weighted by molar-refractivity contribution is 7.47. The van der Waals surface area contributed by atoms with Gasteiger partial charge in [0, 0.05) is 25.7 Å². The van der Waals surface area contributed by atoms with Crippen LogP contribution in [0.4, 0.5) is 0 Å². The Kier molecular flexibility index (Phi) is 73.5. The van der Waals surface area contributed by atoms with Gasteiger partial charge in [-0.1, -0.05) is 275 Å². The normalized spacial score (nSPS) is 14.7. The van der Waals surface area contributed by atoms with Crippen molar-refractivity contribution in [2.24, 2.45) is 0 Å². The van der Waals surface area contributed by atoms with Gasteiger partial charge in [0.1, 0.15) is 19.3 Å². The summed E-state index contributed by atoms with van der Waals surface area (Å²) in [6.07, 6.45) is 91.8. The lowest BCUT2D eigenvalue weighted by Crippen LogP contribution is -2.30. The van der Waals surface area contributed by atoms with Gasteiger partial charge in [-0.25, -0.2) is 9.13 Å². The number of carbonyl (C=O) groups excluding carboxylic acids is 4. The number of esters is 4. The monoisotopic (exact) mass is 1520 g/mol. The lowest BCUT2D eigenvalue weighted by molar-refractivity contribution is -0.161. The van der Waals surface area contributed by atoms with E-state index in [1.54, 1.807) is 0 Å². The summed E-state index contributed by atoms with van der Waals surface area (Å²) in [6, 6.07) is 0. The summed E-state index contributed by atoms with van der Waals surface area (Å²) in [4.78, 5) is 73.1. The maximum Gasteiger partial charge on any atom is 0.472 e. The van der Waals surface area contributed by atoms with Crippen LogP contribution in [-0.4, -0.2) is 96.7 Å². The summed E-state index contributed by atoms with van der Waals surface area (Å²) in [5, 5.41) is 10.7. The molecule has 0 radical (unpaired) electrons. The molecule has 17 nitrogen and oxygen atoms in total. The Morgan fingerprint density at radius 1 is 0.264 bits per heavy atom. The Balaban J connectivity index is 5.44. The zero-order valence-electron chi connectivity index (χ0n) is 65.8. The first-order valence-electron chi connectivity index (χ1n) is 40.4. The first-order valence-corrected chi connectivity index (χ1v) is 43.4. The Hall–Kier alpha value is -5.58. The second-order valence-corrected chi connectivity index (χ2v) is 29.1. The zero-order valence-corrected chi connectivity index (χ0v) is 67.6. The zero-order chi connectivity index (χ0) is 77.4. The molecule has 0 aromatic carbocycles. The molecule has 0 aromatic heterocycles. The van der Waals surface area contributed by atoms with Crippen molar-refractivity contribution in [1.82, 2.24) is 0 Å². The van der Waals surface area contributed by atoms with E-state index in [0.29, 0.717) is 25.7 Å². The predicted molar refractivity (Wildman–Crippen MR) is 436 cm³/mol. The molecule has 0 aliphatic rings. The maximum atomic E-state index is 13.1.